The first-order valence-corrected chi connectivity index (χ1v) is 5.39. The summed E-state index contributed by atoms with van der Waals surface area (Å²) < 4.78 is 18.9. The van der Waals surface area contributed by atoms with Gasteiger partial charge in [0.15, 0.2) is 11.6 Å². The fourth-order valence-electron chi connectivity index (χ4n) is 2.01. The fraction of sp³-hybridized carbons (Fsp3) is 0.417. The molecular weight excluding hydrogens is 225 g/mol. The topological polar surface area (TPSA) is 49.8 Å². The molecule has 4 nitrogen and oxygen atoms in total. The average Bonchev–Trinajstić information content (AvgIpc) is 2.65. The highest BCUT2D eigenvalue weighted by Gasteiger charge is 2.46. The Kier molecular flexibility index (Phi) is 3.02. The lowest BCUT2D eigenvalue weighted by Gasteiger charge is -2.25. The number of ether oxygens (including phenoxy) is 1. The lowest BCUT2D eigenvalue weighted by atomic mass is 10.0. The van der Waals surface area contributed by atoms with Crippen LogP contribution < -0.4 is 4.74 Å². The van der Waals surface area contributed by atoms with Crippen molar-refractivity contribution < 1.29 is 19.0 Å². The van der Waals surface area contributed by atoms with Crippen molar-refractivity contribution in [2.45, 2.75) is 12.0 Å². The predicted octanol–water partition coefficient (Wildman–Crippen LogP) is 1.36. The van der Waals surface area contributed by atoms with Crippen LogP contribution in [0.15, 0.2) is 24.3 Å². The molecule has 0 radical (unpaired) electrons. The van der Waals surface area contributed by atoms with E-state index in [0.717, 1.165) is 0 Å². The number of hydrogen-bond donors (Lipinski definition) is 1. The summed E-state index contributed by atoms with van der Waals surface area (Å²) in [5.74, 6) is -1.60. The third-order valence-electron chi connectivity index (χ3n) is 2.95. The van der Waals surface area contributed by atoms with E-state index in [9.17, 15) is 14.3 Å². The van der Waals surface area contributed by atoms with Crippen LogP contribution >= 0.6 is 0 Å². The molecule has 1 aliphatic rings. The SMILES string of the molecule is CN1CCC(Oc2ccccc2F)(C(=O)O)C1. The second kappa shape index (κ2) is 4.33. The Balaban J connectivity index is 2.26. The molecule has 1 aromatic rings. The van der Waals surface area contributed by atoms with Crippen molar-refractivity contribution in [2.75, 3.05) is 20.1 Å². The van der Waals surface area contributed by atoms with Gasteiger partial charge in [-0.05, 0) is 19.2 Å². The van der Waals surface area contributed by atoms with Crippen molar-refractivity contribution in [2.24, 2.45) is 0 Å². The first-order chi connectivity index (χ1) is 8.03. The molecule has 1 unspecified atom stereocenters. The second-order valence-corrected chi connectivity index (χ2v) is 4.32. The van der Waals surface area contributed by atoms with E-state index in [4.69, 9.17) is 4.74 Å². The lowest BCUT2D eigenvalue weighted by molar-refractivity contribution is -0.154. The zero-order valence-corrected chi connectivity index (χ0v) is 9.52. The standard InChI is InChI=1S/C12H14FNO3/c1-14-7-6-12(8-14,11(15)16)17-10-5-3-2-4-9(10)13/h2-5H,6-8H2,1H3,(H,15,16). The molecule has 0 bridgehead atoms. The van der Waals surface area contributed by atoms with Gasteiger partial charge in [-0.15, -0.1) is 0 Å². The van der Waals surface area contributed by atoms with Gasteiger partial charge in [0.05, 0.1) is 0 Å². The molecule has 5 heteroatoms. The normalized spacial score (nSPS) is 24.8. The minimum Gasteiger partial charge on any atom is -0.478 e. The minimum absolute atomic E-state index is 0.00907. The summed E-state index contributed by atoms with van der Waals surface area (Å²) in [6, 6.07) is 5.85. The monoisotopic (exact) mass is 239 g/mol. The summed E-state index contributed by atoms with van der Waals surface area (Å²) in [6.07, 6.45) is 0.354. The molecule has 1 N–H and O–H groups in total. The number of para-hydroxylation sites is 1. The van der Waals surface area contributed by atoms with E-state index < -0.39 is 17.4 Å². The van der Waals surface area contributed by atoms with Gasteiger partial charge in [-0.25, -0.2) is 9.18 Å². The number of rotatable bonds is 3. The molecule has 1 heterocycles. The number of nitrogens with zero attached hydrogens (tertiary/aromatic N) is 1. The molecule has 0 aliphatic carbocycles. The van der Waals surface area contributed by atoms with Crippen molar-refractivity contribution in [3.05, 3.63) is 30.1 Å². The van der Waals surface area contributed by atoms with Crippen LogP contribution in [0.5, 0.6) is 5.75 Å². The van der Waals surface area contributed by atoms with Gasteiger partial charge in [0.1, 0.15) is 0 Å². The lowest BCUT2D eigenvalue weighted by Crippen LogP contribution is -2.46. The third-order valence-corrected chi connectivity index (χ3v) is 2.95. The summed E-state index contributed by atoms with van der Waals surface area (Å²) in [6.45, 7) is 0.886. The molecule has 17 heavy (non-hydrogen) atoms. The van der Waals surface area contributed by atoms with Gasteiger partial charge in [0.25, 0.3) is 0 Å². The molecule has 2 rings (SSSR count). The third kappa shape index (κ3) is 2.24. The maximum atomic E-state index is 13.4. The summed E-state index contributed by atoms with van der Waals surface area (Å²) in [5.41, 5.74) is -1.34. The number of carbonyl (C=O) groups is 1. The van der Waals surface area contributed by atoms with Crippen LogP contribution in [0, 0.1) is 5.82 Å². The van der Waals surface area contributed by atoms with Crippen LogP contribution in [0.3, 0.4) is 0 Å². The van der Waals surface area contributed by atoms with Crippen LogP contribution in [-0.4, -0.2) is 41.7 Å². The minimum atomic E-state index is -1.34. The summed E-state index contributed by atoms with van der Waals surface area (Å²) in [4.78, 5) is 13.2. The molecule has 1 saturated heterocycles. The van der Waals surface area contributed by atoms with E-state index in [-0.39, 0.29) is 12.3 Å². The molecule has 1 fully saturated rings. The van der Waals surface area contributed by atoms with Crippen LogP contribution in [0.1, 0.15) is 6.42 Å². The molecule has 0 spiro atoms. The van der Waals surface area contributed by atoms with Crippen LogP contribution in [0.25, 0.3) is 0 Å². The van der Waals surface area contributed by atoms with Gasteiger partial charge >= 0.3 is 5.97 Å². The number of carboxylic acids is 1. The predicted molar refractivity (Wildman–Crippen MR) is 59.5 cm³/mol. The maximum Gasteiger partial charge on any atom is 0.349 e. The van der Waals surface area contributed by atoms with E-state index in [2.05, 4.69) is 0 Å². The Bertz CT molecular complexity index is 438. The van der Waals surface area contributed by atoms with Crippen molar-refractivity contribution in [1.29, 1.82) is 0 Å². The van der Waals surface area contributed by atoms with Crippen molar-refractivity contribution >= 4 is 5.97 Å². The average molecular weight is 239 g/mol. The van der Waals surface area contributed by atoms with Crippen molar-refractivity contribution in [3.63, 3.8) is 0 Å². The Morgan fingerprint density at radius 3 is 2.76 bits per heavy atom. The number of likely N-dealkylation sites (N-methyl/N-ethyl adjacent to an activating group) is 1. The summed E-state index contributed by atoms with van der Waals surface area (Å²) >= 11 is 0. The molecule has 0 aromatic heterocycles. The molecule has 92 valence electrons. The summed E-state index contributed by atoms with van der Waals surface area (Å²) in [5, 5.41) is 9.26. The Morgan fingerprint density at radius 2 is 2.24 bits per heavy atom. The number of likely N-dealkylation sites (tertiary alicyclic amines) is 1. The van der Waals surface area contributed by atoms with Crippen molar-refractivity contribution in [3.8, 4) is 5.75 Å². The van der Waals surface area contributed by atoms with Crippen LogP contribution in [0.2, 0.25) is 0 Å². The molecule has 1 aliphatic heterocycles. The van der Waals surface area contributed by atoms with E-state index in [1.54, 1.807) is 6.07 Å². The van der Waals surface area contributed by atoms with Gasteiger partial charge in [-0.3, -0.25) is 0 Å². The zero-order valence-electron chi connectivity index (χ0n) is 9.52. The first kappa shape index (κ1) is 11.9. The molecular formula is C12H14FNO3. The maximum absolute atomic E-state index is 13.4. The number of halogens is 1. The van der Waals surface area contributed by atoms with Crippen LogP contribution in [0.4, 0.5) is 4.39 Å². The number of benzene rings is 1. The van der Waals surface area contributed by atoms with Crippen LogP contribution in [-0.2, 0) is 4.79 Å². The highest BCUT2D eigenvalue weighted by atomic mass is 19.1. The Hall–Kier alpha value is -1.62. The molecule has 0 saturated carbocycles. The fourth-order valence-corrected chi connectivity index (χ4v) is 2.01. The van der Waals surface area contributed by atoms with Crippen molar-refractivity contribution in [1.82, 2.24) is 4.90 Å². The zero-order chi connectivity index (χ0) is 12.5. The highest BCUT2D eigenvalue weighted by molar-refractivity contribution is 5.79. The smallest absolute Gasteiger partial charge is 0.349 e. The van der Waals surface area contributed by atoms with E-state index in [1.165, 1.54) is 18.2 Å². The van der Waals surface area contributed by atoms with Gasteiger partial charge < -0.3 is 14.7 Å². The number of carboxylic acid groups (broad SMARTS) is 1. The van der Waals surface area contributed by atoms with E-state index >= 15 is 0 Å². The molecule has 1 aromatic carbocycles. The van der Waals surface area contributed by atoms with E-state index in [0.29, 0.717) is 13.0 Å². The number of hydrogen-bond acceptors (Lipinski definition) is 3. The molecule has 0 amide bonds. The Morgan fingerprint density at radius 1 is 1.53 bits per heavy atom. The largest absolute Gasteiger partial charge is 0.478 e. The molecule has 1 atom stereocenters. The van der Waals surface area contributed by atoms with E-state index in [1.807, 2.05) is 11.9 Å². The van der Waals surface area contributed by atoms with Gasteiger partial charge in [-0.1, -0.05) is 12.1 Å². The van der Waals surface area contributed by atoms with Gasteiger partial charge in [0, 0.05) is 19.5 Å². The van der Waals surface area contributed by atoms with Gasteiger partial charge in [0.2, 0.25) is 5.60 Å². The van der Waals surface area contributed by atoms with Gasteiger partial charge in [-0.2, -0.15) is 0 Å². The highest BCUT2D eigenvalue weighted by Crippen LogP contribution is 2.29. The number of aliphatic carboxylic acids is 1. The quantitative estimate of drug-likeness (QED) is 0.865. The Labute approximate surface area is 98.6 Å². The first-order valence-electron chi connectivity index (χ1n) is 5.39. The summed E-state index contributed by atoms with van der Waals surface area (Å²) in [7, 11) is 1.81. The second-order valence-electron chi connectivity index (χ2n) is 4.32.